The Labute approximate surface area is 77.0 Å². The van der Waals surface area contributed by atoms with Crippen LogP contribution >= 0.6 is 0 Å². The Kier molecular flexibility index (Phi) is 2.97. The quantitative estimate of drug-likeness (QED) is 0.696. The van der Waals surface area contributed by atoms with Crippen molar-refractivity contribution in [3.63, 3.8) is 0 Å². The van der Waals surface area contributed by atoms with Crippen molar-refractivity contribution < 1.29 is 4.39 Å². The van der Waals surface area contributed by atoms with Gasteiger partial charge in [-0.15, -0.1) is 0 Å². The SMILES string of the molecule is CC(C)Cc1cnc(C#N)c(F)c1. The lowest BCUT2D eigenvalue weighted by Crippen LogP contribution is -1.98. The van der Waals surface area contributed by atoms with Gasteiger partial charge >= 0.3 is 0 Å². The van der Waals surface area contributed by atoms with Crippen molar-refractivity contribution in [3.8, 4) is 6.07 Å². The predicted molar refractivity (Wildman–Crippen MR) is 47.5 cm³/mol. The molecule has 0 aliphatic rings. The molecule has 0 radical (unpaired) electrons. The van der Waals surface area contributed by atoms with Gasteiger partial charge in [0.05, 0.1) is 0 Å². The van der Waals surface area contributed by atoms with Crippen molar-refractivity contribution in [2.75, 3.05) is 0 Å². The van der Waals surface area contributed by atoms with Crippen LogP contribution in [0.15, 0.2) is 12.3 Å². The second-order valence-electron chi connectivity index (χ2n) is 3.38. The van der Waals surface area contributed by atoms with Gasteiger partial charge in [-0.2, -0.15) is 5.26 Å². The molecule has 68 valence electrons. The van der Waals surface area contributed by atoms with Gasteiger partial charge in [0.2, 0.25) is 0 Å². The van der Waals surface area contributed by atoms with Crippen LogP contribution in [-0.2, 0) is 6.42 Å². The van der Waals surface area contributed by atoms with Gasteiger partial charge in [-0.25, -0.2) is 9.37 Å². The summed E-state index contributed by atoms with van der Waals surface area (Å²) in [7, 11) is 0. The number of nitrogens with zero attached hydrogens (tertiary/aromatic N) is 2. The van der Waals surface area contributed by atoms with Crippen molar-refractivity contribution in [1.29, 1.82) is 5.26 Å². The van der Waals surface area contributed by atoms with Gasteiger partial charge in [0.1, 0.15) is 6.07 Å². The van der Waals surface area contributed by atoms with Gasteiger partial charge in [0.25, 0.3) is 0 Å². The largest absolute Gasteiger partial charge is 0.242 e. The molecule has 1 aromatic rings. The van der Waals surface area contributed by atoms with Crippen LogP contribution < -0.4 is 0 Å². The highest BCUT2D eigenvalue weighted by atomic mass is 19.1. The molecule has 0 N–H and O–H groups in total. The van der Waals surface area contributed by atoms with Crippen molar-refractivity contribution in [1.82, 2.24) is 4.98 Å². The molecule has 0 atom stereocenters. The maximum Gasteiger partial charge on any atom is 0.176 e. The molecule has 0 amide bonds. The number of pyridine rings is 1. The fourth-order valence-electron chi connectivity index (χ4n) is 1.14. The van der Waals surface area contributed by atoms with Gasteiger partial charge < -0.3 is 0 Å². The lowest BCUT2D eigenvalue weighted by molar-refractivity contribution is 0.601. The van der Waals surface area contributed by atoms with Crippen molar-refractivity contribution >= 4 is 0 Å². The molecule has 13 heavy (non-hydrogen) atoms. The summed E-state index contributed by atoms with van der Waals surface area (Å²) in [5.41, 5.74) is 0.707. The molecule has 0 saturated heterocycles. The van der Waals surface area contributed by atoms with Gasteiger partial charge in [0.15, 0.2) is 11.5 Å². The topological polar surface area (TPSA) is 36.7 Å². The molecule has 0 aromatic carbocycles. The van der Waals surface area contributed by atoms with Gasteiger partial charge in [-0.05, 0) is 24.0 Å². The smallest absolute Gasteiger partial charge is 0.176 e. The molecular weight excluding hydrogens is 167 g/mol. The van der Waals surface area contributed by atoms with E-state index < -0.39 is 5.82 Å². The summed E-state index contributed by atoms with van der Waals surface area (Å²) >= 11 is 0. The molecule has 0 aliphatic heterocycles. The zero-order valence-electron chi connectivity index (χ0n) is 7.71. The molecule has 2 nitrogen and oxygen atoms in total. The van der Waals surface area contributed by atoms with Crippen LogP contribution in [0.1, 0.15) is 25.1 Å². The van der Waals surface area contributed by atoms with Crippen LogP contribution in [0.5, 0.6) is 0 Å². The molecule has 0 saturated carbocycles. The lowest BCUT2D eigenvalue weighted by atomic mass is 10.0. The van der Waals surface area contributed by atoms with E-state index in [9.17, 15) is 4.39 Å². The van der Waals surface area contributed by atoms with Crippen LogP contribution in [0, 0.1) is 23.1 Å². The summed E-state index contributed by atoms with van der Waals surface area (Å²) in [5, 5.41) is 8.44. The maximum atomic E-state index is 13.0. The Bertz CT molecular complexity index is 339. The van der Waals surface area contributed by atoms with E-state index >= 15 is 0 Å². The molecule has 0 aliphatic carbocycles. The van der Waals surface area contributed by atoms with Crippen LogP contribution in [0.2, 0.25) is 0 Å². The lowest BCUT2D eigenvalue weighted by Gasteiger charge is -2.04. The summed E-state index contributed by atoms with van der Waals surface area (Å²) in [5.74, 6) is -0.0604. The van der Waals surface area contributed by atoms with Crippen LogP contribution in [0.3, 0.4) is 0 Å². The van der Waals surface area contributed by atoms with Crippen LogP contribution in [0.25, 0.3) is 0 Å². The number of hydrogen-bond acceptors (Lipinski definition) is 2. The normalized spacial score (nSPS) is 10.1. The van der Waals surface area contributed by atoms with Crippen molar-refractivity contribution in [2.45, 2.75) is 20.3 Å². The van der Waals surface area contributed by atoms with Gasteiger partial charge in [-0.3, -0.25) is 0 Å². The first kappa shape index (κ1) is 9.66. The predicted octanol–water partition coefficient (Wildman–Crippen LogP) is 2.29. The Hall–Kier alpha value is -1.43. The first-order valence-electron chi connectivity index (χ1n) is 4.18. The summed E-state index contributed by atoms with van der Waals surface area (Å²) in [6, 6.07) is 3.07. The fraction of sp³-hybridized carbons (Fsp3) is 0.400. The van der Waals surface area contributed by atoms with Crippen molar-refractivity contribution in [2.24, 2.45) is 5.92 Å². The van der Waals surface area contributed by atoms with E-state index in [1.165, 1.54) is 6.07 Å². The molecule has 0 spiro atoms. The second kappa shape index (κ2) is 3.99. The first-order valence-corrected chi connectivity index (χ1v) is 4.18. The summed E-state index contributed by atoms with van der Waals surface area (Å²) in [6.07, 6.45) is 2.34. The summed E-state index contributed by atoms with van der Waals surface area (Å²) in [6.45, 7) is 4.10. The highest BCUT2D eigenvalue weighted by Crippen LogP contribution is 2.10. The van der Waals surface area contributed by atoms with Crippen molar-refractivity contribution in [3.05, 3.63) is 29.3 Å². The van der Waals surface area contributed by atoms with E-state index in [0.29, 0.717) is 5.92 Å². The Balaban J connectivity index is 2.91. The van der Waals surface area contributed by atoms with Crippen LogP contribution in [0.4, 0.5) is 4.39 Å². The highest BCUT2D eigenvalue weighted by Gasteiger charge is 2.05. The minimum atomic E-state index is -0.527. The number of rotatable bonds is 2. The minimum Gasteiger partial charge on any atom is -0.242 e. The first-order chi connectivity index (χ1) is 6.13. The third-order valence-electron chi connectivity index (χ3n) is 1.65. The third kappa shape index (κ3) is 2.51. The average molecular weight is 178 g/mol. The Morgan fingerprint density at radius 3 is 2.77 bits per heavy atom. The number of aromatic nitrogens is 1. The molecular formula is C10H11FN2. The molecule has 1 heterocycles. The summed E-state index contributed by atoms with van der Waals surface area (Å²) in [4.78, 5) is 3.71. The molecule has 3 heteroatoms. The monoisotopic (exact) mass is 178 g/mol. The number of halogens is 1. The van der Waals surface area contributed by atoms with E-state index in [1.807, 2.05) is 0 Å². The zero-order chi connectivity index (χ0) is 9.84. The van der Waals surface area contributed by atoms with E-state index in [4.69, 9.17) is 5.26 Å². The molecule has 1 rings (SSSR count). The maximum absolute atomic E-state index is 13.0. The molecule has 0 unspecified atom stereocenters. The highest BCUT2D eigenvalue weighted by molar-refractivity contribution is 5.25. The minimum absolute atomic E-state index is 0.132. The fourth-order valence-corrected chi connectivity index (χ4v) is 1.14. The van der Waals surface area contributed by atoms with Gasteiger partial charge in [-0.1, -0.05) is 13.8 Å². The Morgan fingerprint density at radius 1 is 1.62 bits per heavy atom. The standard InChI is InChI=1S/C10H11FN2/c1-7(2)3-8-4-9(11)10(5-12)13-6-8/h4,6-7H,3H2,1-2H3. The molecule has 0 bridgehead atoms. The van der Waals surface area contributed by atoms with Crippen LogP contribution in [-0.4, -0.2) is 4.98 Å². The average Bonchev–Trinajstić information content (AvgIpc) is 2.03. The third-order valence-corrected chi connectivity index (χ3v) is 1.65. The Morgan fingerprint density at radius 2 is 2.31 bits per heavy atom. The van der Waals surface area contributed by atoms with Gasteiger partial charge in [0, 0.05) is 6.20 Å². The second-order valence-corrected chi connectivity index (χ2v) is 3.38. The molecule has 0 fully saturated rings. The zero-order valence-corrected chi connectivity index (χ0v) is 7.71. The number of hydrogen-bond donors (Lipinski definition) is 0. The molecule has 1 aromatic heterocycles. The van der Waals surface area contributed by atoms with E-state index in [2.05, 4.69) is 18.8 Å². The van der Waals surface area contributed by atoms with E-state index in [1.54, 1.807) is 12.3 Å². The van der Waals surface area contributed by atoms with E-state index in [-0.39, 0.29) is 5.69 Å². The summed E-state index contributed by atoms with van der Waals surface area (Å²) < 4.78 is 13.0. The number of nitriles is 1. The van der Waals surface area contributed by atoms with E-state index in [0.717, 1.165) is 12.0 Å².